The molecule has 2 aliphatic rings. The summed E-state index contributed by atoms with van der Waals surface area (Å²) in [7, 11) is -10.2. The third-order valence-corrected chi connectivity index (χ3v) is 9.24. The first-order chi connectivity index (χ1) is 20.4. The van der Waals surface area contributed by atoms with E-state index >= 15 is 8.78 Å². The molecular formula is C27H27F10N5O2S. The van der Waals surface area contributed by atoms with Gasteiger partial charge >= 0.3 is 10.2 Å². The van der Waals surface area contributed by atoms with Gasteiger partial charge in [-0.1, -0.05) is 33.3 Å². The number of hydrogen-bond donors (Lipinski definition) is 1. The number of nitrogens with zero attached hydrogens (tertiary/aromatic N) is 4. The Labute approximate surface area is 250 Å². The number of pyridine rings is 1. The number of hydrogen-bond acceptors (Lipinski definition) is 5. The number of amides is 2. The average molecular weight is 676 g/mol. The fourth-order valence-corrected chi connectivity index (χ4v) is 6.14. The standard InChI is InChI=1S/C27H27F10N5O2S/c1-25(2)22(41(15-38)14-27(25,31)32)24(44)42(19-3-5-20(6-4-19)45(33,34,35,36)37)21(16-11-17(28)13-39-12-16)23(43)40-18-7-9-26(29,30)10-8-18/h3-6,11-13,18,21-22H,7-10,14H2,1-2H3,(H,40,43)/t21-,22+/m1/s1. The second-order valence-corrected chi connectivity index (χ2v) is 14.1. The van der Waals surface area contributed by atoms with Crippen LogP contribution in [0.4, 0.5) is 47.1 Å². The van der Waals surface area contributed by atoms with Crippen molar-refractivity contribution in [2.24, 2.45) is 5.41 Å². The molecule has 0 unspecified atom stereocenters. The van der Waals surface area contributed by atoms with Crippen molar-refractivity contribution in [3.8, 4) is 6.19 Å². The SMILES string of the molecule is CC1(C)[C@H](C(=O)N(c2ccc(S(F)(F)(F)(F)F)cc2)[C@@H](C(=O)NC2CCC(F)(F)CC2)c2cncc(F)c2)N(C#N)CC1(F)F. The van der Waals surface area contributed by atoms with E-state index in [2.05, 4.69) is 10.3 Å². The number of halogens is 10. The van der Waals surface area contributed by atoms with Crippen LogP contribution in [0.3, 0.4) is 0 Å². The smallest absolute Gasteiger partial charge is 0.310 e. The Balaban J connectivity index is 1.90. The van der Waals surface area contributed by atoms with Crippen molar-refractivity contribution in [2.75, 3.05) is 11.4 Å². The fraction of sp³-hybridized carbons (Fsp3) is 0.481. The lowest BCUT2D eigenvalue weighted by Gasteiger charge is -2.41. The maximum absolute atomic E-state index is 15.0. The van der Waals surface area contributed by atoms with Gasteiger partial charge in [-0.15, -0.1) is 0 Å². The quantitative estimate of drug-likeness (QED) is 0.243. The van der Waals surface area contributed by atoms with Crippen LogP contribution in [0.1, 0.15) is 51.1 Å². The number of nitriles is 1. The minimum atomic E-state index is -10.2. The summed E-state index contributed by atoms with van der Waals surface area (Å²) in [5.74, 6) is -10.4. The molecule has 1 aliphatic carbocycles. The summed E-state index contributed by atoms with van der Waals surface area (Å²) >= 11 is 0. The molecule has 1 aliphatic heterocycles. The number of likely N-dealkylation sites (tertiary alicyclic amines) is 1. The maximum atomic E-state index is 15.0. The molecule has 1 aromatic heterocycles. The summed E-state index contributed by atoms with van der Waals surface area (Å²) in [6.07, 6.45) is 1.35. The lowest BCUT2D eigenvalue weighted by Crippen LogP contribution is -2.55. The zero-order valence-corrected chi connectivity index (χ0v) is 24.4. The maximum Gasteiger partial charge on any atom is 0.310 e. The van der Waals surface area contributed by atoms with E-state index in [0.29, 0.717) is 34.2 Å². The second kappa shape index (κ2) is 10.4. The third kappa shape index (κ3) is 6.92. The Morgan fingerprint density at radius 3 is 2.13 bits per heavy atom. The van der Waals surface area contributed by atoms with Crippen LogP contribution in [-0.4, -0.2) is 52.2 Å². The summed E-state index contributed by atoms with van der Waals surface area (Å²) in [4.78, 5) is 30.1. The van der Waals surface area contributed by atoms with Gasteiger partial charge in [-0.3, -0.25) is 24.4 Å². The van der Waals surface area contributed by atoms with Gasteiger partial charge in [0.2, 0.25) is 11.8 Å². The van der Waals surface area contributed by atoms with E-state index < -0.39 is 98.8 Å². The van der Waals surface area contributed by atoms with E-state index in [1.807, 2.05) is 0 Å². The topological polar surface area (TPSA) is 89.3 Å². The van der Waals surface area contributed by atoms with Gasteiger partial charge in [-0.2, -0.15) is 5.26 Å². The van der Waals surface area contributed by atoms with Crippen molar-refractivity contribution in [3.05, 3.63) is 54.1 Å². The van der Waals surface area contributed by atoms with Gasteiger partial charge < -0.3 is 5.32 Å². The lowest BCUT2D eigenvalue weighted by molar-refractivity contribution is -0.133. The predicted octanol–water partition coefficient (Wildman–Crippen LogP) is 7.47. The number of alkyl halides is 4. The molecule has 4 rings (SSSR count). The molecule has 7 nitrogen and oxygen atoms in total. The van der Waals surface area contributed by atoms with Crippen molar-refractivity contribution >= 4 is 27.7 Å². The van der Waals surface area contributed by atoms with Gasteiger partial charge in [0.05, 0.1) is 18.2 Å². The van der Waals surface area contributed by atoms with Crippen LogP contribution in [0, 0.1) is 22.7 Å². The minimum Gasteiger partial charge on any atom is -0.351 e. The van der Waals surface area contributed by atoms with Crippen LogP contribution < -0.4 is 10.2 Å². The van der Waals surface area contributed by atoms with Gasteiger partial charge in [-0.25, -0.2) is 22.0 Å². The highest BCUT2D eigenvalue weighted by atomic mass is 32.5. The van der Waals surface area contributed by atoms with E-state index in [1.54, 1.807) is 0 Å². The van der Waals surface area contributed by atoms with E-state index in [1.165, 1.54) is 6.19 Å². The number of carbonyl (C=O) groups is 2. The summed E-state index contributed by atoms with van der Waals surface area (Å²) in [6.45, 7) is 0.616. The first kappa shape index (κ1) is 34.1. The second-order valence-electron chi connectivity index (χ2n) is 11.7. The molecular weight excluding hydrogens is 648 g/mol. The van der Waals surface area contributed by atoms with E-state index in [9.17, 15) is 47.5 Å². The Morgan fingerprint density at radius 2 is 1.62 bits per heavy atom. The van der Waals surface area contributed by atoms with Crippen LogP contribution in [0.2, 0.25) is 0 Å². The van der Waals surface area contributed by atoms with Crippen LogP contribution in [-0.2, 0) is 9.59 Å². The highest BCUT2D eigenvalue weighted by Gasteiger charge is 2.66. The summed E-state index contributed by atoms with van der Waals surface area (Å²) < 4.78 is 139. The molecule has 1 saturated heterocycles. The van der Waals surface area contributed by atoms with Crippen molar-refractivity contribution in [1.82, 2.24) is 15.2 Å². The number of aromatic nitrogens is 1. The van der Waals surface area contributed by atoms with Crippen LogP contribution in [0.25, 0.3) is 0 Å². The van der Waals surface area contributed by atoms with Gasteiger partial charge in [0, 0.05) is 36.3 Å². The zero-order chi connectivity index (χ0) is 33.9. The van der Waals surface area contributed by atoms with E-state index in [0.717, 1.165) is 20.0 Å². The number of anilines is 1. The monoisotopic (exact) mass is 675 g/mol. The number of nitrogens with one attached hydrogen (secondary N) is 1. The normalized spacial score (nSPS) is 23.3. The number of rotatable bonds is 7. The molecule has 2 heterocycles. The van der Waals surface area contributed by atoms with Crippen LogP contribution in [0.15, 0.2) is 47.6 Å². The molecule has 1 N–H and O–H groups in total. The molecule has 1 aromatic carbocycles. The minimum absolute atomic E-state index is 0.0738. The van der Waals surface area contributed by atoms with Crippen molar-refractivity contribution in [2.45, 2.75) is 74.4 Å². The predicted molar refractivity (Wildman–Crippen MR) is 142 cm³/mol. The summed E-state index contributed by atoms with van der Waals surface area (Å²) in [6, 6.07) is -3.70. The molecule has 45 heavy (non-hydrogen) atoms. The largest absolute Gasteiger partial charge is 0.351 e. The highest BCUT2D eigenvalue weighted by Crippen LogP contribution is 3.02. The Hall–Kier alpha value is -3.75. The molecule has 0 radical (unpaired) electrons. The Bertz CT molecular complexity index is 1520. The van der Waals surface area contributed by atoms with Crippen LogP contribution in [0.5, 0.6) is 0 Å². The number of benzene rings is 1. The Kier molecular flexibility index (Phi) is 7.88. The Morgan fingerprint density at radius 1 is 1.04 bits per heavy atom. The summed E-state index contributed by atoms with van der Waals surface area (Å²) in [5.41, 5.74) is -3.45. The molecule has 2 atom stereocenters. The van der Waals surface area contributed by atoms with Crippen molar-refractivity contribution in [1.29, 1.82) is 5.26 Å². The molecule has 2 fully saturated rings. The van der Waals surface area contributed by atoms with Gasteiger partial charge in [0.1, 0.15) is 22.8 Å². The third-order valence-electron chi connectivity index (χ3n) is 8.08. The van der Waals surface area contributed by atoms with E-state index in [4.69, 9.17) is 0 Å². The molecule has 248 valence electrons. The zero-order valence-electron chi connectivity index (χ0n) is 23.6. The first-order valence-corrected chi connectivity index (χ1v) is 15.3. The first-order valence-electron chi connectivity index (χ1n) is 13.4. The number of carbonyl (C=O) groups excluding carboxylic acids is 2. The average Bonchev–Trinajstić information content (AvgIpc) is 3.09. The van der Waals surface area contributed by atoms with Crippen molar-refractivity contribution in [3.63, 3.8) is 0 Å². The molecule has 2 amide bonds. The molecule has 2 aromatic rings. The van der Waals surface area contributed by atoms with Crippen LogP contribution >= 0.6 is 10.2 Å². The van der Waals surface area contributed by atoms with Crippen molar-refractivity contribution < 1.29 is 51.0 Å². The lowest BCUT2D eigenvalue weighted by atomic mass is 9.80. The highest BCUT2D eigenvalue weighted by molar-refractivity contribution is 8.45. The van der Waals surface area contributed by atoms with Gasteiger partial charge in [0.25, 0.3) is 11.8 Å². The molecule has 0 spiro atoms. The fourth-order valence-electron chi connectivity index (χ4n) is 5.49. The molecule has 1 saturated carbocycles. The summed E-state index contributed by atoms with van der Waals surface area (Å²) in [5, 5.41) is 12.1. The van der Waals surface area contributed by atoms with E-state index in [-0.39, 0.29) is 25.0 Å². The molecule has 0 bridgehead atoms. The molecule has 18 heteroatoms. The van der Waals surface area contributed by atoms with Gasteiger partial charge in [0.15, 0.2) is 6.19 Å². The van der Waals surface area contributed by atoms with Gasteiger partial charge in [-0.05, 0) is 43.2 Å².